The van der Waals surface area contributed by atoms with Crippen LogP contribution in [0.15, 0.2) is 66.7 Å². The summed E-state index contributed by atoms with van der Waals surface area (Å²) in [6.07, 6.45) is 0. The number of nitrogens with zero attached hydrogens (tertiary/aromatic N) is 1. The number of esters is 1. The van der Waals surface area contributed by atoms with Gasteiger partial charge in [-0.05, 0) is 49.6 Å². The van der Waals surface area contributed by atoms with E-state index < -0.39 is 19.8 Å². The predicted molar refractivity (Wildman–Crippen MR) is 121 cm³/mol. The van der Waals surface area contributed by atoms with Crippen molar-refractivity contribution in [3.63, 3.8) is 0 Å². The van der Waals surface area contributed by atoms with Crippen LogP contribution in [0.25, 0.3) is 10.8 Å². The Morgan fingerprint density at radius 1 is 1.06 bits per heavy atom. The lowest BCUT2D eigenvalue weighted by Gasteiger charge is -2.27. The second-order valence-electron chi connectivity index (χ2n) is 6.69. The zero-order valence-corrected chi connectivity index (χ0v) is 18.8. The molecule has 0 aliphatic heterocycles. The molecule has 32 heavy (non-hydrogen) atoms. The number of carbonyl (C=O) groups is 1. The summed E-state index contributed by atoms with van der Waals surface area (Å²) < 4.78 is 30.2. The Hall–Kier alpha value is -3.10. The van der Waals surface area contributed by atoms with Gasteiger partial charge in [0.2, 0.25) is 0 Å². The van der Waals surface area contributed by atoms with Crippen LogP contribution in [-0.4, -0.2) is 25.7 Å². The summed E-state index contributed by atoms with van der Waals surface area (Å²) in [5.74, 6) is -0.127. The van der Waals surface area contributed by atoms with Crippen molar-refractivity contribution in [3.05, 3.63) is 71.9 Å². The number of ether oxygens (including phenoxy) is 1. The Kier molecular flexibility index (Phi) is 7.71. The number of anilines is 1. The molecule has 0 bridgehead atoms. The van der Waals surface area contributed by atoms with Crippen LogP contribution in [-0.2, 0) is 18.9 Å². The lowest BCUT2D eigenvalue weighted by atomic mass is 10.1. The Bertz CT molecular complexity index is 1100. The van der Waals surface area contributed by atoms with Crippen LogP contribution in [0.5, 0.6) is 11.5 Å². The third-order valence-corrected chi connectivity index (χ3v) is 5.99. The first kappa shape index (κ1) is 23.6. The van der Waals surface area contributed by atoms with Gasteiger partial charge in [-0.25, -0.2) is 4.57 Å². The number of hydrogen-bond acceptors (Lipinski definition) is 8. The predicted octanol–water partition coefficient (Wildman–Crippen LogP) is 4.81. The van der Waals surface area contributed by atoms with Crippen molar-refractivity contribution in [2.24, 2.45) is 0 Å². The van der Waals surface area contributed by atoms with Crippen LogP contribution < -0.4 is 19.4 Å². The van der Waals surface area contributed by atoms with Crippen molar-refractivity contribution in [1.82, 2.24) is 5.09 Å². The molecule has 0 heterocycles. The lowest BCUT2D eigenvalue weighted by molar-refractivity contribution is -0.144. The Morgan fingerprint density at radius 3 is 2.44 bits per heavy atom. The molecule has 170 valence electrons. The average Bonchev–Trinajstić information content (AvgIpc) is 2.79. The van der Waals surface area contributed by atoms with E-state index in [-0.39, 0.29) is 18.0 Å². The highest BCUT2D eigenvalue weighted by atomic mass is 31.2. The van der Waals surface area contributed by atoms with E-state index in [2.05, 4.69) is 9.92 Å². The maximum absolute atomic E-state index is 13.7. The van der Waals surface area contributed by atoms with Crippen LogP contribution in [0.3, 0.4) is 0 Å². The number of rotatable bonds is 10. The first-order chi connectivity index (χ1) is 15.3. The lowest BCUT2D eigenvalue weighted by Crippen LogP contribution is -2.35. The molecule has 3 aromatic carbocycles. The van der Waals surface area contributed by atoms with Crippen LogP contribution in [0.4, 0.5) is 5.69 Å². The fraction of sp³-hybridized carbons (Fsp3) is 0.227. The maximum atomic E-state index is 13.7. The molecule has 2 atom stereocenters. The molecular formula is C22H24N2O7P-. The van der Waals surface area contributed by atoms with Gasteiger partial charge >= 0.3 is 13.7 Å². The summed E-state index contributed by atoms with van der Waals surface area (Å²) >= 11 is 0. The molecular weight excluding hydrogens is 435 g/mol. The van der Waals surface area contributed by atoms with Crippen molar-refractivity contribution >= 4 is 30.2 Å². The molecule has 0 fully saturated rings. The molecule has 0 unspecified atom stereocenters. The largest absolute Gasteiger partial charge is 0.733 e. The topological polar surface area (TPSA) is 109 Å². The molecule has 0 saturated heterocycles. The van der Waals surface area contributed by atoms with E-state index in [9.17, 15) is 14.6 Å². The highest BCUT2D eigenvalue weighted by molar-refractivity contribution is 7.52. The fourth-order valence-electron chi connectivity index (χ4n) is 2.91. The standard InChI is InChI=1S/C22H24N2O7P/c1-4-29-22(25)16(2)23-32(27,30-19-14-12-18(13-15-19)24(26)28-3)31-21-11-7-9-17-8-5-6-10-20(17)21/h5-16H,4H2,1-3H3,(H,23,27)/q-1/t16-,32+/m0/s1. The molecule has 9 nitrogen and oxygen atoms in total. The molecule has 0 spiro atoms. The maximum Gasteiger partial charge on any atom is 0.513 e. The molecule has 1 N–H and O–H groups in total. The smallest absolute Gasteiger partial charge is 0.513 e. The van der Waals surface area contributed by atoms with Crippen LogP contribution >= 0.6 is 7.75 Å². The first-order valence-corrected chi connectivity index (χ1v) is 11.4. The molecule has 0 saturated carbocycles. The Labute approximate surface area is 186 Å². The minimum Gasteiger partial charge on any atom is -0.733 e. The fourth-order valence-corrected chi connectivity index (χ4v) is 4.45. The number of fused-ring (bicyclic) bond motifs is 1. The summed E-state index contributed by atoms with van der Waals surface area (Å²) in [7, 11) is -2.88. The number of carbonyl (C=O) groups excluding carboxylic acids is 1. The molecule has 10 heteroatoms. The molecule has 0 aromatic heterocycles. The zero-order valence-electron chi connectivity index (χ0n) is 17.9. The van der Waals surface area contributed by atoms with Crippen molar-refractivity contribution < 1.29 is 28.0 Å². The molecule has 3 rings (SSSR count). The highest BCUT2D eigenvalue weighted by Crippen LogP contribution is 2.47. The molecule has 3 aromatic rings. The third-order valence-electron chi connectivity index (χ3n) is 4.40. The van der Waals surface area contributed by atoms with Crippen LogP contribution in [0, 0.1) is 5.21 Å². The summed E-state index contributed by atoms with van der Waals surface area (Å²) in [5.41, 5.74) is 0.220. The van der Waals surface area contributed by atoms with Crippen molar-refractivity contribution in [2.45, 2.75) is 19.9 Å². The van der Waals surface area contributed by atoms with E-state index in [1.165, 1.54) is 38.3 Å². The van der Waals surface area contributed by atoms with E-state index in [1.807, 2.05) is 30.3 Å². The molecule has 0 aliphatic carbocycles. The van der Waals surface area contributed by atoms with Gasteiger partial charge in [-0.1, -0.05) is 36.4 Å². The Morgan fingerprint density at radius 2 is 1.75 bits per heavy atom. The summed E-state index contributed by atoms with van der Waals surface area (Å²) in [6, 6.07) is 17.5. The van der Waals surface area contributed by atoms with Crippen molar-refractivity contribution in [2.75, 3.05) is 18.9 Å². The molecule has 0 amide bonds. The normalized spacial score (nSPS) is 13.8. The summed E-state index contributed by atoms with van der Waals surface area (Å²) in [4.78, 5) is 16.7. The van der Waals surface area contributed by atoms with Gasteiger partial charge in [0.15, 0.2) is 0 Å². The second kappa shape index (κ2) is 10.5. The van der Waals surface area contributed by atoms with E-state index in [1.54, 1.807) is 19.1 Å². The molecule has 0 aliphatic rings. The summed E-state index contributed by atoms with van der Waals surface area (Å²) in [6.45, 7) is 3.35. The SMILES string of the molecule is CCOC(=O)[C@H](C)N[P@@](=O)(Oc1ccc(N([O-])OC)cc1)Oc1cccc2ccccc12. The molecule has 0 radical (unpaired) electrons. The van der Waals surface area contributed by atoms with Gasteiger partial charge in [-0.15, -0.1) is 0 Å². The third kappa shape index (κ3) is 5.77. The van der Waals surface area contributed by atoms with Gasteiger partial charge in [-0.3, -0.25) is 9.63 Å². The van der Waals surface area contributed by atoms with E-state index >= 15 is 0 Å². The average molecular weight is 459 g/mol. The van der Waals surface area contributed by atoms with Crippen LogP contribution in [0.1, 0.15) is 13.8 Å². The van der Waals surface area contributed by atoms with Gasteiger partial charge in [0.05, 0.1) is 19.4 Å². The quantitative estimate of drug-likeness (QED) is 0.259. The van der Waals surface area contributed by atoms with Crippen LogP contribution in [0.2, 0.25) is 0 Å². The minimum atomic E-state index is -4.12. The second-order valence-corrected chi connectivity index (χ2v) is 8.31. The number of nitrogens with one attached hydrogen (secondary N) is 1. The van der Waals surface area contributed by atoms with Gasteiger partial charge in [0.25, 0.3) is 0 Å². The van der Waals surface area contributed by atoms with Gasteiger partial charge < -0.3 is 24.2 Å². The highest BCUT2D eigenvalue weighted by Gasteiger charge is 2.34. The van der Waals surface area contributed by atoms with Gasteiger partial charge in [-0.2, -0.15) is 5.09 Å². The minimum absolute atomic E-state index is 0.158. The van der Waals surface area contributed by atoms with Crippen molar-refractivity contribution in [3.8, 4) is 11.5 Å². The van der Waals surface area contributed by atoms with Gasteiger partial charge in [0, 0.05) is 5.39 Å². The van der Waals surface area contributed by atoms with Crippen molar-refractivity contribution in [1.29, 1.82) is 0 Å². The van der Waals surface area contributed by atoms with E-state index in [0.717, 1.165) is 10.8 Å². The zero-order chi connectivity index (χ0) is 23.1. The van der Waals surface area contributed by atoms with E-state index in [0.29, 0.717) is 11.0 Å². The monoisotopic (exact) mass is 459 g/mol. The van der Waals surface area contributed by atoms with E-state index in [4.69, 9.17) is 13.8 Å². The number of hydrogen-bond donors (Lipinski definition) is 1. The first-order valence-electron chi connectivity index (χ1n) is 9.88. The van der Waals surface area contributed by atoms with Gasteiger partial charge in [0.1, 0.15) is 17.5 Å². The summed E-state index contributed by atoms with van der Waals surface area (Å²) in [5, 5.41) is 16.1. The Balaban J connectivity index is 1.91. The number of benzene rings is 3.